The summed E-state index contributed by atoms with van der Waals surface area (Å²) >= 11 is 0. The third kappa shape index (κ3) is 6.26. The van der Waals surface area contributed by atoms with Crippen molar-refractivity contribution in [3.05, 3.63) is 47.1 Å². The van der Waals surface area contributed by atoms with Gasteiger partial charge in [-0.15, -0.1) is 0 Å². The average molecular weight is 475 g/mol. The molecule has 0 aromatic carbocycles. The molecule has 1 aliphatic heterocycles. The van der Waals surface area contributed by atoms with E-state index in [-0.39, 0.29) is 6.10 Å². The van der Waals surface area contributed by atoms with Gasteiger partial charge in [-0.3, -0.25) is 4.79 Å². The first-order valence-electron chi connectivity index (χ1n) is 11.7. The summed E-state index contributed by atoms with van der Waals surface area (Å²) in [5.41, 5.74) is 1.78. The third-order valence-electron chi connectivity index (χ3n) is 6.63. The largest absolute Gasteiger partial charge is 0.458 e. The zero-order chi connectivity index (χ0) is 25.8. The van der Waals surface area contributed by atoms with Crippen LogP contribution in [0.15, 0.2) is 47.1 Å². The Hall–Kier alpha value is -2.67. The van der Waals surface area contributed by atoms with E-state index >= 15 is 0 Å². The van der Waals surface area contributed by atoms with Crippen molar-refractivity contribution in [3.63, 3.8) is 0 Å². The number of allylic oxidation sites excluding steroid dienone is 3. The molecule has 7 nitrogen and oxygen atoms in total. The number of fused-ring (bicyclic) bond motifs is 1. The van der Waals surface area contributed by atoms with E-state index in [9.17, 15) is 14.4 Å². The Morgan fingerprint density at radius 2 is 1.59 bits per heavy atom. The van der Waals surface area contributed by atoms with Gasteiger partial charge < -0.3 is 18.9 Å². The van der Waals surface area contributed by atoms with E-state index in [1.54, 1.807) is 39.8 Å². The van der Waals surface area contributed by atoms with Gasteiger partial charge in [-0.2, -0.15) is 0 Å². The van der Waals surface area contributed by atoms with Crippen molar-refractivity contribution in [2.45, 2.75) is 98.2 Å². The van der Waals surface area contributed by atoms with Gasteiger partial charge in [0.05, 0.1) is 6.10 Å². The zero-order valence-electron chi connectivity index (χ0n) is 21.6. The van der Waals surface area contributed by atoms with Crippen molar-refractivity contribution in [2.75, 3.05) is 0 Å². The maximum atomic E-state index is 12.8. The molecule has 7 heteroatoms. The number of carbonyl (C=O) groups excluding carboxylic acids is 3. The molecule has 1 aliphatic carbocycles. The lowest BCUT2D eigenvalue weighted by Gasteiger charge is -2.40. The standard InChI is InChI=1S/C27H38O7/c1-10-16(5)25(29)32-23-20(18(7)21(31-19(8)28)13-12-15(3)4)14-22-27(9,34-22)24(23)33-26(30)17(6)11-2/h10-12,20-24H,7,13-14H2,1-6,8-9H3. The van der Waals surface area contributed by atoms with Gasteiger partial charge in [-0.05, 0) is 60.5 Å². The summed E-state index contributed by atoms with van der Waals surface area (Å²) in [5, 5.41) is 0. The summed E-state index contributed by atoms with van der Waals surface area (Å²) in [6.07, 6.45) is 3.74. The van der Waals surface area contributed by atoms with E-state index in [0.29, 0.717) is 29.6 Å². The molecule has 0 radical (unpaired) electrons. The van der Waals surface area contributed by atoms with Gasteiger partial charge in [0.1, 0.15) is 17.8 Å². The van der Waals surface area contributed by atoms with Crippen LogP contribution in [-0.4, -0.2) is 47.9 Å². The summed E-state index contributed by atoms with van der Waals surface area (Å²) in [6.45, 7) is 18.2. The van der Waals surface area contributed by atoms with E-state index in [2.05, 4.69) is 6.58 Å². The normalized spacial score (nSPS) is 29.3. The summed E-state index contributed by atoms with van der Waals surface area (Å²) in [6, 6.07) is 0. The quantitative estimate of drug-likeness (QED) is 0.156. The fourth-order valence-corrected chi connectivity index (χ4v) is 4.11. The van der Waals surface area contributed by atoms with Crippen LogP contribution in [0.2, 0.25) is 0 Å². The van der Waals surface area contributed by atoms with Crippen LogP contribution >= 0.6 is 0 Å². The maximum absolute atomic E-state index is 12.8. The van der Waals surface area contributed by atoms with Crippen LogP contribution in [0.3, 0.4) is 0 Å². The molecule has 0 aromatic rings. The maximum Gasteiger partial charge on any atom is 0.333 e. The molecule has 2 aliphatic rings. The minimum Gasteiger partial charge on any atom is -0.458 e. The summed E-state index contributed by atoms with van der Waals surface area (Å²) in [4.78, 5) is 37.4. The van der Waals surface area contributed by atoms with Gasteiger partial charge >= 0.3 is 17.9 Å². The van der Waals surface area contributed by atoms with Crippen molar-refractivity contribution in [2.24, 2.45) is 5.92 Å². The van der Waals surface area contributed by atoms with Crippen LogP contribution in [0.5, 0.6) is 0 Å². The van der Waals surface area contributed by atoms with Crippen molar-refractivity contribution >= 4 is 17.9 Å². The molecule has 0 aromatic heterocycles. The van der Waals surface area contributed by atoms with Crippen LogP contribution in [-0.2, 0) is 33.3 Å². The second kappa shape index (κ2) is 11.2. The molecule has 1 saturated heterocycles. The van der Waals surface area contributed by atoms with E-state index in [0.717, 1.165) is 5.57 Å². The molecule has 0 N–H and O–H groups in total. The summed E-state index contributed by atoms with van der Waals surface area (Å²) < 4.78 is 23.4. The zero-order valence-corrected chi connectivity index (χ0v) is 21.6. The Balaban J connectivity index is 2.47. The van der Waals surface area contributed by atoms with E-state index in [4.69, 9.17) is 18.9 Å². The van der Waals surface area contributed by atoms with Crippen LogP contribution < -0.4 is 0 Å². The highest BCUT2D eigenvalue weighted by atomic mass is 16.7. The van der Waals surface area contributed by atoms with Crippen LogP contribution in [0.25, 0.3) is 0 Å². The van der Waals surface area contributed by atoms with Crippen LogP contribution in [0, 0.1) is 5.92 Å². The minimum absolute atomic E-state index is 0.197. The highest BCUT2D eigenvalue weighted by Gasteiger charge is 2.68. The van der Waals surface area contributed by atoms with Gasteiger partial charge in [0.2, 0.25) is 0 Å². The predicted molar refractivity (Wildman–Crippen MR) is 129 cm³/mol. The highest BCUT2D eigenvalue weighted by Crippen LogP contribution is 2.53. The Bertz CT molecular complexity index is 921. The van der Waals surface area contributed by atoms with Gasteiger partial charge in [-0.25, -0.2) is 9.59 Å². The fraction of sp³-hybridized carbons (Fsp3) is 0.593. The van der Waals surface area contributed by atoms with Gasteiger partial charge in [0, 0.05) is 30.4 Å². The highest BCUT2D eigenvalue weighted by molar-refractivity contribution is 5.88. The molecule has 1 saturated carbocycles. The van der Waals surface area contributed by atoms with Crippen molar-refractivity contribution in [3.8, 4) is 0 Å². The topological polar surface area (TPSA) is 91.4 Å². The first kappa shape index (κ1) is 27.6. The smallest absolute Gasteiger partial charge is 0.333 e. The first-order valence-corrected chi connectivity index (χ1v) is 11.7. The Morgan fingerprint density at radius 1 is 1.03 bits per heavy atom. The lowest BCUT2D eigenvalue weighted by molar-refractivity contribution is -0.174. The summed E-state index contributed by atoms with van der Waals surface area (Å²) in [7, 11) is 0. The number of hydrogen-bond acceptors (Lipinski definition) is 7. The lowest BCUT2D eigenvalue weighted by atomic mass is 9.73. The average Bonchev–Trinajstić information content (AvgIpc) is 3.46. The number of rotatable bonds is 9. The monoisotopic (exact) mass is 474 g/mol. The molecule has 0 amide bonds. The van der Waals surface area contributed by atoms with Crippen molar-refractivity contribution < 1.29 is 33.3 Å². The second-order valence-corrected chi connectivity index (χ2v) is 9.46. The molecule has 6 unspecified atom stereocenters. The molecule has 188 valence electrons. The van der Waals surface area contributed by atoms with E-state index in [1.807, 2.05) is 26.8 Å². The molecule has 0 spiro atoms. The van der Waals surface area contributed by atoms with Gasteiger partial charge in [0.25, 0.3) is 0 Å². The van der Waals surface area contributed by atoms with Gasteiger partial charge in [-0.1, -0.05) is 30.4 Å². The lowest BCUT2D eigenvalue weighted by Crippen LogP contribution is -2.54. The summed E-state index contributed by atoms with van der Waals surface area (Å²) in [5.74, 6) is -1.88. The minimum atomic E-state index is -0.850. The molecule has 0 bridgehead atoms. The number of epoxide rings is 1. The van der Waals surface area contributed by atoms with E-state index < -0.39 is 47.7 Å². The molecule has 6 atom stereocenters. The molecule has 2 fully saturated rings. The Morgan fingerprint density at radius 3 is 2.09 bits per heavy atom. The third-order valence-corrected chi connectivity index (χ3v) is 6.63. The molecule has 34 heavy (non-hydrogen) atoms. The fourth-order valence-electron chi connectivity index (χ4n) is 4.11. The number of hydrogen-bond donors (Lipinski definition) is 0. The Kier molecular flexibility index (Phi) is 9.06. The Labute approximate surface area is 202 Å². The number of esters is 3. The molecular weight excluding hydrogens is 436 g/mol. The van der Waals surface area contributed by atoms with Crippen LogP contribution in [0.1, 0.15) is 68.2 Å². The molecular formula is C27H38O7. The second-order valence-electron chi connectivity index (χ2n) is 9.46. The predicted octanol–water partition coefficient (Wildman–Crippen LogP) is 4.76. The SMILES string of the molecule is C=C(C(CC=C(C)C)OC(C)=O)C1CC2OC2(C)C(OC(=O)C(C)=CC)C1OC(=O)C(C)=CC. The van der Waals surface area contributed by atoms with Gasteiger partial charge in [0.15, 0.2) is 6.10 Å². The first-order chi connectivity index (χ1) is 15.8. The van der Waals surface area contributed by atoms with Crippen LogP contribution in [0.4, 0.5) is 0 Å². The number of carbonyl (C=O) groups is 3. The number of ether oxygens (including phenoxy) is 4. The van der Waals surface area contributed by atoms with E-state index in [1.165, 1.54) is 6.92 Å². The molecule has 1 heterocycles. The van der Waals surface area contributed by atoms with Crippen molar-refractivity contribution in [1.29, 1.82) is 0 Å². The molecule has 2 rings (SSSR count). The van der Waals surface area contributed by atoms with Crippen molar-refractivity contribution in [1.82, 2.24) is 0 Å².